The van der Waals surface area contributed by atoms with E-state index in [1.165, 1.54) is 32.1 Å². The highest BCUT2D eigenvalue weighted by Gasteiger charge is 2.12. The highest BCUT2D eigenvalue weighted by molar-refractivity contribution is 14.0. The van der Waals surface area contributed by atoms with Gasteiger partial charge in [-0.05, 0) is 31.4 Å². The molecule has 1 fully saturated rings. The topological polar surface area (TPSA) is 72.5 Å². The Morgan fingerprint density at radius 3 is 2.87 bits per heavy atom. The Morgan fingerprint density at radius 1 is 1.30 bits per heavy atom. The molecule has 1 aliphatic rings. The molecule has 0 saturated heterocycles. The molecule has 0 aromatic carbocycles. The van der Waals surface area contributed by atoms with Crippen LogP contribution in [0.3, 0.4) is 0 Å². The Bertz CT molecular complexity index is 435. The monoisotopic (exact) mass is 432 g/mol. The van der Waals surface area contributed by atoms with E-state index in [1.54, 1.807) is 6.20 Å². The summed E-state index contributed by atoms with van der Waals surface area (Å²) in [5, 5.41) is 3.12. The maximum absolute atomic E-state index is 5.86. The molecule has 0 radical (unpaired) electrons. The Hall–Kier alpha value is -0.890. The van der Waals surface area contributed by atoms with Crippen LogP contribution >= 0.6 is 24.0 Å². The van der Waals surface area contributed by atoms with E-state index in [1.807, 2.05) is 18.2 Å². The minimum atomic E-state index is 0. The Morgan fingerprint density at radius 2 is 2.13 bits per heavy atom. The zero-order chi connectivity index (χ0) is 15.5. The van der Waals surface area contributed by atoms with E-state index in [2.05, 4.69) is 15.3 Å². The van der Waals surface area contributed by atoms with Crippen molar-refractivity contribution in [2.24, 2.45) is 10.7 Å². The summed E-state index contributed by atoms with van der Waals surface area (Å²) in [5.41, 5.74) is 6.90. The molecule has 6 heteroatoms. The van der Waals surface area contributed by atoms with Crippen molar-refractivity contribution >= 4 is 29.9 Å². The van der Waals surface area contributed by atoms with Crippen LogP contribution in [0.2, 0.25) is 0 Å². The molecule has 0 spiro atoms. The summed E-state index contributed by atoms with van der Waals surface area (Å²) < 4.78 is 5.86. The maximum Gasteiger partial charge on any atom is 0.188 e. The number of guanidine groups is 1. The molecule has 1 aliphatic carbocycles. The van der Waals surface area contributed by atoms with E-state index in [0.29, 0.717) is 12.1 Å². The molecular formula is C17H29IN4O. The van der Waals surface area contributed by atoms with Gasteiger partial charge in [0, 0.05) is 38.0 Å². The van der Waals surface area contributed by atoms with Gasteiger partial charge in [-0.15, -0.1) is 24.0 Å². The smallest absolute Gasteiger partial charge is 0.188 e. The first-order chi connectivity index (χ1) is 10.8. The number of aliphatic imine (C=N–C) groups is 1. The molecule has 5 nitrogen and oxygen atoms in total. The first kappa shape index (κ1) is 20.2. The Labute approximate surface area is 156 Å². The van der Waals surface area contributed by atoms with E-state index >= 15 is 0 Å². The molecule has 1 aromatic rings. The van der Waals surface area contributed by atoms with Gasteiger partial charge >= 0.3 is 0 Å². The number of halogens is 1. The van der Waals surface area contributed by atoms with Crippen LogP contribution in [0.15, 0.2) is 29.4 Å². The van der Waals surface area contributed by atoms with E-state index in [9.17, 15) is 0 Å². The summed E-state index contributed by atoms with van der Waals surface area (Å²) >= 11 is 0. The van der Waals surface area contributed by atoms with Gasteiger partial charge in [0.1, 0.15) is 0 Å². The molecule has 0 aliphatic heterocycles. The number of hydrogen-bond donors (Lipinski definition) is 2. The highest BCUT2D eigenvalue weighted by atomic mass is 127. The lowest BCUT2D eigenvalue weighted by Gasteiger charge is -2.21. The SMILES string of the molecule is I.NC(=NCCCOC1CCCCC1)NCCc1ccccn1. The minimum absolute atomic E-state index is 0. The second-order valence-corrected chi connectivity index (χ2v) is 5.75. The number of nitrogens with one attached hydrogen (secondary N) is 1. The number of pyridine rings is 1. The minimum Gasteiger partial charge on any atom is -0.378 e. The van der Waals surface area contributed by atoms with Gasteiger partial charge in [0.25, 0.3) is 0 Å². The van der Waals surface area contributed by atoms with E-state index in [0.717, 1.165) is 38.2 Å². The van der Waals surface area contributed by atoms with Crippen LogP contribution in [-0.4, -0.2) is 36.7 Å². The molecule has 0 bridgehead atoms. The van der Waals surface area contributed by atoms with Gasteiger partial charge in [-0.1, -0.05) is 25.3 Å². The molecule has 130 valence electrons. The van der Waals surface area contributed by atoms with Gasteiger partial charge in [0.15, 0.2) is 5.96 Å². The quantitative estimate of drug-likeness (QED) is 0.287. The summed E-state index contributed by atoms with van der Waals surface area (Å²) in [4.78, 5) is 8.59. The van der Waals surface area contributed by atoms with Crippen LogP contribution in [0.25, 0.3) is 0 Å². The standard InChI is InChI=1S/C17H28N4O.HI/c18-17(21-13-10-15-7-4-5-11-19-15)20-12-6-14-22-16-8-2-1-3-9-16;/h4-5,7,11,16H,1-3,6,8-10,12-14H2,(H3,18,20,21);1H. The van der Waals surface area contributed by atoms with Gasteiger partial charge in [-0.3, -0.25) is 9.98 Å². The number of rotatable bonds is 8. The highest BCUT2D eigenvalue weighted by Crippen LogP contribution is 2.20. The molecule has 1 aromatic heterocycles. The van der Waals surface area contributed by atoms with Crippen molar-refractivity contribution in [1.82, 2.24) is 10.3 Å². The third kappa shape index (κ3) is 9.10. The number of nitrogens with two attached hydrogens (primary N) is 1. The lowest BCUT2D eigenvalue weighted by atomic mass is 9.98. The molecular weight excluding hydrogens is 403 g/mol. The summed E-state index contributed by atoms with van der Waals surface area (Å²) in [6.07, 6.45) is 10.5. The molecule has 0 atom stereocenters. The van der Waals surface area contributed by atoms with Crippen LogP contribution in [0, 0.1) is 0 Å². The fourth-order valence-corrected chi connectivity index (χ4v) is 2.67. The molecule has 1 heterocycles. The second-order valence-electron chi connectivity index (χ2n) is 5.75. The Balaban J connectivity index is 0.00000264. The van der Waals surface area contributed by atoms with E-state index in [4.69, 9.17) is 10.5 Å². The normalized spacial score (nSPS) is 15.9. The molecule has 2 rings (SSSR count). The summed E-state index contributed by atoms with van der Waals surface area (Å²) in [6, 6.07) is 5.92. The van der Waals surface area contributed by atoms with Crippen LogP contribution in [0.5, 0.6) is 0 Å². The van der Waals surface area contributed by atoms with Gasteiger partial charge in [-0.25, -0.2) is 0 Å². The van der Waals surface area contributed by atoms with Crippen molar-refractivity contribution in [2.45, 2.75) is 51.0 Å². The summed E-state index contributed by atoms with van der Waals surface area (Å²) in [5.74, 6) is 0.508. The van der Waals surface area contributed by atoms with Crippen LogP contribution in [-0.2, 0) is 11.2 Å². The molecule has 3 N–H and O–H groups in total. The van der Waals surface area contributed by atoms with E-state index in [-0.39, 0.29) is 24.0 Å². The zero-order valence-corrected chi connectivity index (χ0v) is 16.1. The average molecular weight is 432 g/mol. The molecule has 0 amide bonds. The zero-order valence-electron chi connectivity index (χ0n) is 13.7. The van der Waals surface area contributed by atoms with Crippen LogP contribution in [0.4, 0.5) is 0 Å². The third-order valence-electron chi connectivity index (χ3n) is 3.90. The van der Waals surface area contributed by atoms with Crippen molar-refractivity contribution in [2.75, 3.05) is 19.7 Å². The van der Waals surface area contributed by atoms with Gasteiger partial charge in [-0.2, -0.15) is 0 Å². The summed E-state index contributed by atoms with van der Waals surface area (Å²) in [7, 11) is 0. The fraction of sp³-hybridized carbons (Fsp3) is 0.647. The van der Waals surface area contributed by atoms with Gasteiger partial charge in [0.05, 0.1) is 6.10 Å². The molecule has 0 unspecified atom stereocenters. The number of nitrogens with zero attached hydrogens (tertiary/aromatic N) is 2. The van der Waals surface area contributed by atoms with Crippen molar-refractivity contribution in [1.29, 1.82) is 0 Å². The fourth-order valence-electron chi connectivity index (χ4n) is 2.67. The lowest BCUT2D eigenvalue weighted by molar-refractivity contribution is 0.0281. The number of hydrogen-bond acceptors (Lipinski definition) is 3. The van der Waals surface area contributed by atoms with Gasteiger partial charge in [0.2, 0.25) is 0 Å². The first-order valence-corrected chi connectivity index (χ1v) is 8.40. The molecule has 23 heavy (non-hydrogen) atoms. The second kappa shape index (κ2) is 12.5. The van der Waals surface area contributed by atoms with Crippen molar-refractivity contribution in [3.8, 4) is 0 Å². The lowest BCUT2D eigenvalue weighted by Crippen LogP contribution is -2.33. The first-order valence-electron chi connectivity index (χ1n) is 8.40. The third-order valence-corrected chi connectivity index (χ3v) is 3.90. The number of aromatic nitrogens is 1. The number of ether oxygens (including phenoxy) is 1. The largest absolute Gasteiger partial charge is 0.378 e. The molecule has 1 saturated carbocycles. The van der Waals surface area contributed by atoms with Crippen molar-refractivity contribution in [3.63, 3.8) is 0 Å². The van der Waals surface area contributed by atoms with Crippen LogP contribution in [0.1, 0.15) is 44.2 Å². The van der Waals surface area contributed by atoms with Crippen molar-refractivity contribution in [3.05, 3.63) is 30.1 Å². The predicted octanol–water partition coefficient (Wildman–Crippen LogP) is 2.89. The maximum atomic E-state index is 5.86. The van der Waals surface area contributed by atoms with Gasteiger partial charge < -0.3 is 15.8 Å². The van der Waals surface area contributed by atoms with E-state index < -0.39 is 0 Å². The average Bonchev–Trinajstić information content (AvgIpc) is 2.56. The van der Waals surface area contributed by atoms with Crippen molar-refractivity contribution < 1.29 is 4.74 Å². The summed E-state index contributed by atoms with van der Waals surface area (Å²) in [6.45, 7) is 2.26. The predicted molar refractivity (Wildman–Crippen MR) is 105 cm³/mol. The Kier molecular flexibility index (Phi) is 11.0. The van der Waals surface area contributed by atoms with Crippen LogP contribution < -0.4 is 11.1 Å².